The maximum atomic E-state index is 12.8. The van der Waals surface area contributed by atoms with E-state index in [4.69, 9.17) is 4.42 Å². The highest BCUT2D eigenvalue weighted by molar-refractivity contribution is 7.89. The fraction of sp³-hybridized carbons (Fsp3) is 0.467. The Hall–Kier alpha value is -1.98. The third-order valence-electron chi connectivity index (χ3n) is 4.20. The van der Waals surface area contributed by atoms with Crippen molar-refractivity contribution in [2.45, 2.75) is 24.5 Å². The molecule has 0 aliphatic carbocycles. The summed E-state index contributed by atoms with van der Waals surface area (Å²) in [4.78, 5) is 0.729. The molecular formula is C15H18F3N4O3S+. The standard InChI is InChI=1S/C15H17F3N4O3S/c1-11-19-20-14(25-11)10-21-5-7-22(8-6-21)26(23,24)13-4-2-3-12(9-13)15(16,17)18/h2-4,9H,5-8,10H2,1H3/p+1. The first-order valence-corrected chi connectivity index (χ1v) is 9.40. The molecule has 2 aromatic rings. The number of nitrogens with one attached hydrogen (secondary N) is 1. The predicted molar refractivity (Wildman–Crippen MR) is 83.6 cm³/mol. The smallest absolute Gasteiger partial charge is 0.416 e. The summed E-state index contributed by atoms with van der Waals surface area (Å²) in [6, 6.07) is 3.82. The largest absolute Gasteiger partial charge is 0.420 e. The average Bonchev–Trinajstić information content (AvgIpc) is 2.99. The lowest BCUT2D eigenvalue weighted by molar-refractivity contribution is -0.918. The molecule has 0 atom stereocenters. The molecule has 1 fully saturated rings. The van der Waals surface area contributed by atoms with Crippen molar-refractivity contribution in [3.05, 3.63) is 41.6 Å². The molecule has 1 aliphatic rings. The maximum Gasteiger partial charge on any atom is 0.416 e. The van der Waals surface area contributed by atoms with Gasteiger partial charge in [0.15, 0.2) is 6.54 Å². The van der Waals surface area contributed by atoms with E-state index in [2.05, 4.69) is 10.2 Å². The number of sulfonamides is 1. The van der Waals surface area contributed by atoms with Crippen molar-refractivity contribution in [3.63, 3.8) is 0 Å². The second-order valence-electron chi connectivity index (χ2n) is 6.07. The molecule has 0 radical (unpaired) electrons. The van der Waals surface area contributed by atoms with Gasteiger partial charge in [0, 0.05) is 6.92 Å². The zero-order valence-electron chi connectivity index (χ0n) is 14.0. The van der Waals surface area contributed by atoms with Crippen LogP contribution in [-0.4, -0.2) is 49.1 Å². The van der Waals surface area contributed by atoms with Crippen LogP contribution >= 0.6 is 0 Å². The van der Waals surface area contributed by atoms with Crippen LogP contribution in [0.1, 0.15) is 17.3 Å². The second-order valence-corrected chi connectivity index (χ2v) is 8.01. The van der Waals surface area contributed by atoms with Crippen LogP contribution < -0.4 is 4.90 Å². The minimum Gasteiger partial charge on any atom is -0.420 e. The molecule has 1 aromatic carbocycles. The van der Waals surface area contributed by atoms with Gasteiger partial charge in [-0.2, -0.15) is 17.5 Å². The Morgan fingerprint density at radius 1 is 1.23 bits per heavy atom. The number of nitrogens with zero attached hydrogens (tertiary/aromatic N) is 3. The number of aromatic nitrogens is 2. The van der Waals surface area contributed by atoms with Gasteiger partial charge in [-0.05, 0) is 18.2 Å². The first-order valence-electron chi connectivity index (χ1n) is 7.96. The Morgan fingerprint density at radius 3 is 2.50 bits per heavy atom. The fourth-order valence-electron chi connectivity index (χ4n) is 2.82. The highest BCUT2D eigenvalue weighted by Gasteiger charge is 2.34. The summed E-state index contributed by atoms with van der Waals surface area (Å²) in [6.45, 7) is 3.59. The van der Waals surface area contributed by atoms with E-state index in [-0.39, 0.29) is 18.0 Å². The van der Waals surface area contributed by atoms with Gasteiger partial charge in [0.25, 0.3) is 5.89 Å². The number of quaternary nitrogens is 1. The Labute approximate surface area is 148 Å². The minimum atomic E-state index is -4.59. The van der Waals surface area contributed by atoms with Crippen molar-refractivity contribution in [3.8, 4) is 0 Å². The number of piperazine rings is 1. The molecule has 3 rings (SSSR count). The van der Waals surface area contributed by atoms with Gasteiger partial charge in [-0.15, -0.1) is 10.2 Å². The van der Waals surface area contributed by atoms with Gasteiger partial charge in [-0.1, -0.05) is 6.07 Å². The SMILES string of the molecule is Cc1nnc(C[NH+]2CCN(S(=O)(=O)c3cccc(C(F)(F)F)c3)CC2)o1. The van der Waals surface area contributed by atoms with Crippen LogP contribution in [0.15, 0.2) is 33.6 Å². The monoisotopic (exact) mass is 391 g/mol. The zero-order valence-corrected chi connectivity index (χ0v) is 14.8. The molecule has 0 unspecified atom stereocenters. The van der Waals surface area contributed by atoms with E-state index < -0.39 is 21.8 Å². The topological polar surface area (TPSA) is 80.7 Å². The molecule has 7 nitrogen and oxygen atoms in total. The van der Waals surface area contributed by atoms with Crippen molar-refractivity contribution in [1.29, 1.82) is 0 Å². The second kappa shape index (κ2) is 6.97. The number of benzene rings is 1. The molecule has 1 saturated heterocycles. The predicted octanol–water partition coefficient (Wildman–Crippen LogP) is 0.486. The van der Waals surface area contributed by atoms with Gasteiger partial charge in [0.05, 0.1) is 36.6 Å². The third-order valence-corrected chi connectivity index (χ3v) is 6.09. The van der Waals surface area contributed by atoms with Crippen molar-refractivity contribution < 1.29 is 30.9 Å². The Morgan fingerprint density at radius 2 is 1.92 bits per heavy atom. The van der Waals surface area contributed by atoms with Crippen molar-refractivity contribution >= 4 is 10.0 Å². The van der Waals surface area contributed by atoms with E-state index in [9.17, 15) is 21.6 Å². The summed E-state index contributed by atoms with van der Waals surface area (Å²) < 4.78 is 70.3. The lowest BCUT2D eigenvalue weighted by Gasteiger charge is -2.30. The van der Waals surface area contributed by atoms with E-state index in [1.165, 1.54) is 10.4 Å². The van der Waals surface area contributed by atoms with Crippen LogP contribution in [0.5, 0.6) is 0 Å². The zero-order chi connectivity index (χ0) is 18.9. The van der Waals surface area contributed by atoms with Gasteiger partial charge in [0.1, 0.15) is 0 Å². The number of hydrogen-bond donors (Lipinski definition) is 1. The van der Waals surface area contributed by atoms with Gasteiger partial charge in [-0.25, -0.2) is 8.42 Å². The number of halogens is 3. The van der Waals surface area contributed by atoms with Crippen LogP contribution in [0.25, 0.3) is 0 Å². The summed E-state index contributed by atoms with van der Waals surface area (Å²) in [6.07, 6.45) is -4.59. The number of rotatable bonds is 4. The molecule has 2 heterocycles. The fourth-order valence-corrected chi connectivity index (χ4v) is 4.31. The van der Waals surface area contributed by atoms with Crippen LogP contribution in [0.2, 0.25) is 0 Å². The lowest BCUT2D eigenvalue weighted by Crippen LogP contribution is -3.13. The van der Waals surface area contributed by atoms with Crippen molar-refractivity contribution in [2.75, 3.05) is 26.2 Å². The highest BCUT2D eigenvalue weighted by atomic mass is 32.2. The quantitative estimate of drug-likeness (QED) is 0.820. The van der Waals surface area contributed by atoms with E-state index in [0.717, 1.165) is 17.0 Å². The van der Waals surface area contributed by atoms with Gasteiger partial charge in [-0.3, -0.25) is 0 Å². The first-order chi connectivity index (χ1) is 12.2. The number of aryl methyl sites for hydroxylation is 1. The van der Waals surface area contributed by atoms with Crippen LogP contribution in [0.4, 0.5) is 13.2 Å². The molecule has 26 heavy (non-hydrogen) atoms. The van der Waals surface area contributed by atoms with E-state index in [1.54, 1.807) is 6.92 Å². The molecule has 0 amide bonds. The maximum absolute atomic E-state index is 12.8. The van der Waals surface area contributed by atoms with Crippen LogP contribution in [-0.2, 0) is 22.7 Å². The summed E-state index contributed by atoms with van der Waals surface area (Å²) in [5.74, 6) is 0.942. The first kappa shape index (κ1) is 18.8. The van der Waals surface area contributed by atoms with Gasteiger partial charge < -0.3 is 9.32 Å². The number of alkyl halides is 3. The summed E-state index contributed by atoms with van der Waals surface area (Å²) >= 11 is 0. The Kier molecular flexibility index (Phi) is 5.04. The minimum absolute atomic E-state index is 0.209. The van der Waals surface area contributed by atoms with Gasteiger partial charge in [0.2, 0.25) is 15.9 Å². The summed E-state index contributed by atoms with van der Waals surface area (Å²) in [7, 11) is -3.97. The number of hydrogen-bond acceptors (Lipinski definition) is 5. The summed E-state index contributed by atoms with van der Waals surface area (Å²) in [5.41, 5.74) is -0.977. The Balaban J connectivity index is 1.68. The molecule has 1 N–H and O–H groups in total. The normalized spacial score (nSPS) is 17.5. The molecule has 1 aromatic heterocycles. The van der Waals surface area contributed by atoms with Crippen molar-refractivity contribution in [1.82, 2.24) is 14.5 Å². The van der Waals surface area contributed by atoms with E-state index in [0.29, 0.717) is 37.5 Å². The molecule has 11 heteroatoms. The molecule has 0 saturated carbocycles. The Bertz CT molecular complexity index is 874. The highest BCUT2D eigenvalue weighted by Crippen LogP contribution is 2.31. The third kappa shape index (κ3) is 4.05. The molecule has 1 aliphatic heterocycles. The van der Waals surface area contributed by atoms with E-state index in [1.807, 2.05) is 0 Å². The van der Waals surface area contributed by atoms with Crippen LogP contribution in [0, 0.1) is 6.92 Å². The average molecular weight is 391 g/mol. The van der Waals surface area contributed by atoms with Crippen molar-refractivity contribution in [2.24, 2.45) is 0 Å². The van der Waals surface area contributed by atoms with E-state index >= 15 is 0 Å². The lowest BCUT2D eigenvalue weighted by atomic mass is 10.2. The molecule has 0 spiro atoms. The van der Waals surface area contributed by atoms with Crippen LogP contribution in [0.3, 0.4) is 0 Å². The summed E-state index contributed by atoms with van der Waals surface area (Å²) in [5, 5.41) is 7.66. The van der Waals surface area contributed by atoms with Gasteiger partial charge >= 0.3 is 6.18 Å². The molecule has 0 bridgehead atoms. The molecule has 142 valence electrons. The molecular weight excluding hydrogens is 373 g/mol.